The van der Waals surface area contributed by atoms with Gasteiger partial charge in [0.25, 0.3) is 0 Å². The molecule has 0 aliphatic rings. The molecule has 0 bridgehead atoms. The lowest BCUT2D eigenvalue weighted by Crippen LogP contribution is -2.39. The molecule has 6 nitrogen and oxygen atoms in total. The first-order valence-electron chi connectivity index (χ1n) is 8.52. The number of hydrogen-bond acceptors (Lipinski definition) is 3. The summed E-state index contributed by atoms with van der Waals surface area (Å²) in [5.41, 5.74) is 1.15. The minimum absolute atomic E-state index is 0.0188. The van der Waals surface area contributed by atoms with Crippen molar-refractivity contribution in [2.75, 3.05) is 31.9 Å². The second-order valence-electron chi connectivity index (χ2n) is 5.44. The molecule has 0 aliphatic heterocycles. The number of nitrogens with zero attached hydrogens (tertiary/aromatic N) is 2. The molecule has 1 atom stereocenters. The molecule has 1 aromatic carbocycles. The third-order valence-corrected chi connectivity index (χ3v) is 5.72. The van der Waals surface area contributed by atoms with Gasteiger partial charge in [-0.1, -0.05) is 44.2 Å². The van der Waals surface area contributed by atoms with E-state index in [0.29, 0.717) is 19.0 Å². The van der Waals surface area contributed by atoms with E-state index >= 15 is 0 Å². The van der Waals surface area contributed by atoms with Crippen LogP contribution in [0, 0.1) is 0 Å². The summed E-state index contributed by atoms with van der Waals surface area (Å²) in [4.78, 5) is 4.40. The monoisotopic (exact) mass is 354 g/mol. The number of nitrogens with one attached hydrogen (secondary N) is 2. The molecule has 0 fully saturated rings. The lowest BCUT2D eigenvalue weighted by atomic mass is 10.1. The van der Waals surface area contributed by atoms with Gasteiger partial charge in [-0.15, -0.1) is 0 Å². The molecule has 2 N–H and O–H groups in total. The Balaban J connectivity index is 2.69. The van der Waals surface area contributed by atoms with Gasteiger partial charge in [-0.05, 0) is 19.4 Å². The molecule has 7 heteroatoms. The molecule has 24 heavy (non-hydrogen) atoms. The summed E-state index contributed by atoms with van der Waals surface area (Å²) >= 11 is 0. The third kappa shape index (κ3) is 6.49. The Kier molecular flexibility index (Phi) is 8.78. The average Bonchev–Trinajstić information content (AvgIpc) is 2.56. The fourth-order valence-corrected chi connectivity index (χ4v) is 3.74. The standard InChI is InChI=1S/C17H30N4O2S/c1-5-18-17(20-15(4)16-11-9-8-10-12-16)19-13-14-24(22,23)21(6-2)7-3/h8-12,15H,5-7,13-14H2,1-4H3,(H2,18,19,20). The van der Waals surface area contributed by atoms with E-state index in [-0.39, 0.29) is 18.3 Å². The molecule has 0 saturated carbocycles. The summed E-state index contributed by atoms with van der Waals surface area (Å²) in [6.45, 7) is 9.66. The Morgan fingerprint density at radius 1 is 1.17 bits per heavy atom. The van der Waals surface area contributed by atoms with E-state index in [1.165, 1.54) is 4.31 Å². The van der Waals surface area contributed by atoms with E-state index in [0.717, 1.165) is 12.1 Å². The minimum atomic E-state index is -3.24. The molecule has 0 spiro atoms. The van der Waals surface area contributed by atoms with Gasteiger partial charge in [0, 0.05) is 19.6 Å². The van der Waals surface area contributed by atoms with Gasteiger partial charge in [0.2, 0.25) is 10.0 Å². The van der Waals surface area contributed by atoms with Crippen LogP contribution >= 0.6 is 0 Å². The van der Waals surface area contributed by atoms with Crippen LogP contribution in [0.3, 0.4) is 0 Å². The van der Waals surface area contributed by atoms with E-state index in [1.54, 1.807) is 0 Å². The van der Waals surface area contributed by atoms with Crippen LogP contribution in [0.4, 0.5) is 0 Å². The highest BCUT2D eigenvalue weighted by atomic mass is 32.2. The summed E-state index contributed by atoms with van der Waals surface area (Å²) in [6, 6.07) is 10.2. The second-order valence-corrected chi connectivity index (χ2v) is 7.53. The zero-order chi connectivity index (χ0) is 18.0. The van der Waals surface area contributed by atoms with E-state index in [2.05, 4.69) is 22.5 Å². The highest BCUT2D eigenvalue weighted by molar-refractivity contribution is 7.89. The van der Waals surface area contributed by atoms with Gasteiger partial charge in [-0.25, -0.2) is 12.7 Å². The predicted octanol–water partition coefficient (Wildman–Crippen LogP) is 1.97. The molecule has 0 aliphatic carbocycles. The van der Waals surface area contributed by atoms with Gasteiger partial charge in [0.15, 0.2) is 5.96 Å². The molecule has 1 rings (SSSR count). The Bertz CT molecular complexity index is 598. The van der Waals surface area contributed by atoms with E-state index in [4.69, 9.17) is 0 Å². The van der Waals surface area contributed by atoms with Crippen LogP contribution in [-0.2, 0) is 10.0 Å². The van der Waals surface area contributed by atoms with Crippen molar-refractivity contribution in [1.82, 2.24) is 14.9 Å². The van der Waals surface area contributed by atoms with Crippen LogP contribution in [0.15, 0.2) is 35.3 Å². The van der Waals surface area contributed by atoms with E-state index < -0.39 is 10.0 Å². The molecule has 0 radical (unpaired) electrons. The maximum atomic E-state index is 12.2. The summed E-state index contributed by atoms with van der Waals surface area (Å²) in [6.07, 6.45) is 0. The van der Waals surface area contributed by atoms with Crippen LogP contribution < -0.4 is 10.6 Å². The van der Waals surface area contributed by atoms with Crippen molar-refractivity contribution in [1.29, 1.82) is 0 Å². The Morgan fingerprint density at radius 3 is 2.33 bits per heavy atom. The van der Waals surface area contributed by atoms with Crippen LogP contribution in [0.5, 0.6) is 0 Å². The SMILES string of the molecule is CCNC(=NCCS(=O)(=O)N(CC)CC)NC(C)c1ccccc1. The molecule has 136 valence electrons. The number of guanidine groups is 1. The van der Waals surface area contributed by atoms with Crippen molar-refractivity contribution in [3.05, 3.63) is 35.9 Å². The lowest BCUT2D eigenvalue weighted by Gasteiger charge is -2.19. The molecule has 0 saturated heterocycles. The first-order valence-corrected chi connectivity index (χ1v) is 10.1. The smallest absolute Gasteiger partial charge is 0.215 e. The first kappa shape index (κ1) is 20.4. The summed E-state index contributed by atoms with van der Waals surface area (Å²) < 4.78 is 25.9. The molecule has 0 heterocycles. The summed E-state index contributed by atoms with van der Waals surface area (Å²) in [5.74, 6) is 0.647. The Hall–Kier alpha value is -1.60. The lowest BCUT2D eigenvalue weighted by molar-refractivity contribution is 0.445. The van der Waals surface area contributed by atoms with Crippen LogP contribution in [0.1, 0.15) is 39.3 Å². The topological polar surface area (TPSA) is 73.8 Å². The Morgan fingerprint density at radius 2 is 1.79 bits per heavy atom. The quantitative estimate of drug-likeness (QED) is 0.525. The van der Waals surface area contributed by atoms with Crippen molar-refractivity contribution >= 4 is 16.0 Å². The van der Waals surface area contributed by atoms with Crippen molar-refractivity contribution < 1.29 is 8.42 Å². The van der Waals surface area contributed by atoms with Crippen LogP contribution in [-0.4, -0.2) is 50.6 Å². The number of sulfonamides is 1. The van der Waals surface area contributed by atoms with E-state index in [9.17, 15) is 8.42 Å². The Labute approximate surface area is 146 Å². The summed E-state index contributed by atoms with van der Waals surface area (Å²) in [7, 11) is -3.24. The highest BCUT2D eigenvalue weighted by Crippen LogP contribution is 2.10. The van der Waals surface area contributed by atoms with Crippen LogP contribution in [0.25, 0.3) is 0 Å². The van der Waals surface area contributed by atoms with Gasteiger partial charge >= 0.3 is 0 Å². The molecule has 0 amide bonds. The number of hydrogen-bond donors (Lipinski definition) is 2. The van der Waals surface area contributed by atoms with Crippen molar-refractivity contribution in [3.63, 3.8) is 0 Å². The number of rotatable bonds is 9. The molecule has 0 aromatic heterocycles. The van der Waals surface area contributed by atoms with Gasteiger partial charge in [-0.2, -0.15) is 0 Å². The first-order chi connectivity index (χ1) is 11.4. The molecular formula is C17H30N4O2S. The predicted molar refractivity (Wildman–Crippen MR) is 101 cm³/mol. The van der Waals surface area contributed by atoms with Crippen LogP contribution in [0.2, 0.25) is 0 Å². The zero-order valence-electron chi connectivity index (χ0n) is 15.1. The van der Waals surface area contributed by atoms with Crippen molar-refractivity contribution in [2.24, 2.45) is 4.99 Å². The molecular weight excluding hydrogens is 324 g/mol. The largest absolute Gasteiger partial charge is 0.357 e. The normalized spacial score (nSPS) is 13.8. The second kappa shape index (κ2) is 10.3. The van der Waals surface area contributed by atoms with Gasteiger partial charge < -0.3 is 10.6 Å². The average molecular weight is 355 g/mol. The fraction of sp³-hybridized carbons (Fsp3) is 0.588. The summed E-state index contributed by atoms with van der Waals surface area (Å²) in [5, 5.41) is 6.47. The minimum Gasteiger partial charge on any atom is -0.357 e. The van der Waals surface area contributed by atoms with Crippen molar-refractivity contribution in [3.8, 4) is 0 Å². The van der Waals surface area contributed by atoms with Gasteiger partial charge in [0.1, 0.15) is 0 Å². The maximum Gasteiger partial charge on any atom is 0.215 e. The molecule has 1 unspecified atom stereocenters. The van der Waals surface area contributed by atoms with Crippen molar-refractivity contribution in [2.45, 2.75) is 33.7 Å². The number of benzene rings is 1. The third-order valence-electron chi connectivity index (χ3n) is 3.71. The van der Waals surface area contributed by atoms with Gasteiger partial charge in [-0.3, -0.25) is 4.99 Å². The van der Waals surface area contributed by atoms with Gasteiger partial charge in [0.05, 0.1) is 18.3 Å². The zero-order valence-corrected chi connectivity index (χ0v) is 15.9. The van der Waals surface area contributed by atoms with E-state index in [1.807, 2.05) is 51.1 Å². The number of aliphatic imine (C=N–C) groups is 1. The highest BCUT2D eigenvalue weighted by Gasteiger charge is 2.18. The fourth-order valence-electron chi connectivity index (χ4n) is 2.37. The molecule has 1 aromatic rings. The maximum absolute atomic E-state index is 12.2.